The van der Waals surface area contributed by atoms with Gasteiger partial charge in [0.2, 0.25) is 10.0 Å². The van der Waals surface area contributed by atoms with Crippen LogP contribution in [-0.4, -0.2) is 27.6 Å². The fourth-order valence-electron chi connectivity index (χ4n) is 2.78. The molecular formula is C21H21N3O3S. The van der Waals surface area contributed by atoms with Crippen molar-refractivity contribution in [2.45, 2.75) is 0 Å². The first-order valence-corrected chi connectivity index (χ1v) is 10.5. The molecule has 0 aliphatic rings. The lowest BCUT2D eigenvalue weighted by Crippen LogP contribution is -2.18. The maximum absolute atomic E-state index is 12.8. The Labute approximate surface area is 164 Å². The van der Waals surface area contributed by atoms with Crippen molar-refractivity contribution in [3.63, 3.8) is 0 Å². The first-order valence-electron chi connectivity index (χ1n) is 8.60. The Balaban J connectivity index is 1.80. The van der Waals surface area contributed by atoms with Crippen molar-refractivity contribution in [3.8, 4) is 0 Å². The molecule has 0 aliphatic heterocycles. The van der Waals surface area contributed by atoms with E-state index in [1.165, 1.54) is 0 Å². The van der Waals surface area contributed by atoms with Crippen LogP contribution >= 0.6 is 0 Å². The van der Waals surface area contributed by atoms with Crippen LogP contribution in [0, 0.1) is 0 Å². The minimum Gasteiger partial charge on any atom is -0.344 e. The van der Waals surface area contributed by atoms with Gasteiger partial charge in [0, 0.05) is 24.1 Å². The number of hydrogen-bond donors (Lipinski definition) is 2. The highest BCUT2D eigenvalue weighted by Gasteiger charge is 2.15. The summed E-state index contributed by atoms with van der Waals surface area (Å²) >= 11 is 0. The number of sulfonamides is 1. The van der Waals surface area contributed by atoms with Gasteiger partial charge in [-0.2, -0.15) is 0 Å². The number of nitrogens with zero attached hydrogens (tertiary/aromatic N) is 1. The van der Waals surface area contributed by atoms with Crippen LogP contribution in [0.25, 0.3) is 0 Å². The van der Waals surface area contributed by atoms with Crippen molar-refractivity contribution in [2.75, 3.05) is 28.2 Å². The van der Waals surface area contributed by atoms with Gasteiger partial charge in [0.25, 0.3) is 5.91 Å². The Hall–Kier alpha value is -3.32. The molecule has 144 valence electrons. The van der Waals surface area contributed by atoms with Crippen LogP contribution in [-0.2, 0) is 10.0 Å². The number of rotatable bonds is 6. The minimum absolute atomic E-state index is 0.248. The number of nitrogens with one attached hydrogen (secondary N) is 2. The maximum Gasteiger partial charge on any atom is 0.257 e. The standard InChI is InChI=1S/C21H21N3O3S/c1-24(18-8-4-3-5-9-18)20-11-7-6-10-19(20)21(25)22-16-12-14-17(15-13-16)23-28(2,26)27/h3-15,23H,1-2H3,(H,22,25). The van der Waals surface area contributed by atoms with Gasteiger partial charge >= 0.3 is 0 Å². The van der Waals surface area contributed by atoms with E-state index in [-0.39, 0.29) is 5.91 Å². The summed E-state index contributed by atoms with van der Waals surface area (Å²) < 4.78 is 25.0. The molecule has 0 saturated carbocycles. The Morgan fingerprint density at radius 3 is 2.04 bits per heavy atom. The molecule has 0 fully saturated rings. The van der Waals surface area contributed by atoms with E-state index < -0.39 is 10.0 Å². The Morgan fingerprint density at radius 1 is 0.821 bits per heavy atom. The normalized spacial score (nSPS) is 10.9. The first kappa shape index (κ1) is 19.4. The lowest BCUT2D eigenvalue weighted by Gasteiger charge is -2.22. The summed E-state index contributed by atoms with van der Waals surface area (Å²) in [6, 6.07) is 23.6. The topological polar surface area (TPSA) is 78.5 Å². The highest BCUT2D eigenvalue weighted by molar-refractivity contribution is 7.92. The number of benzene rings is 3. The van der Waals surface area contributed by atoms with E-state index in [4.69, 9.17) is 0 Å². The van der Waals surface area contributed by atoms with Crippen molar-refractivity contribution < 1.29 is 13.2 Å². The van der Waals surface area contributed by atoms with E-state index in [2.05, 4.69) is 10.0 Å². The molecule has 0 atom stereocenters. The van der Waals surface area contributed by atoms with Crippen molar-refractivity contribution in [1.82, 2.24) is 0 Å². The van der Waals surface area contributed by atoms with E-state index in [1.807, 2.05) is 60.5 Å². The third-order valence-corrected chi connectivity index (χ3v) is 4.71. The largest absolute Gasteiger partial charge is 0.344 e. The average molecular weight is 395 g/mol. The number of amides is 1. The highest BCUT2D eigenvalue weighted by atomic mass is 32.2. The molecule has 0 bridgehead atoms. The highest BCUT2D eigenvalue weighted by Crippen LogP contribution is 2.27. The zero-order chi connectivity index (χ0) is 20.1. The van der Waals surface area contributed by atoms with Gasteiger partial charge in [-0.15, -0.1) is 0 Å². The maximum atomic E-state index is 12.8. The molecule has 0 unspecified atom stereocenters. The van der Waals surface area contributed by atoms with Crippen molar-refractivity contribution in [1.29, 1.82) is 0 Å². The number of anilines is 4. The Morgan fingerprint density at radius 2 is 1.39 bits per heavy atom. The van der Waals surface area contributed by atoms with E-state index in [1.54, 1.807) is 30.3 Å². The molecule has 0 spiro atoms. The van der Waals surface area contributed by atoms with Gasteiger partial charge in [-0.25, -0.2) is 8.42 Å². The Kier molecular flexibility index (Phi) is 5.65. The van der Waals surface area contributed by atoms with Gasteiger partial charge in [-0.1, -0.05) is 30.3 Å². The Bertz CT molecular complexity index is 1070. The van der Waals surface area contributed by atoms with E-state index in [9.17, 15) is 13.2 Å². The molecule has 0 radical (unpaired) electrons. The van der Waals surface area contributed by atoms with Crippen LogP contribution in [0.2, 0.25) is 0 Å². The molecular weight excluding hydrogens is 374 g/mol. The summed E-state index contributed by atoms with van der Waals surface area (Å²) in [6.07, 6.45) is 1.09. The lowest BCUT2D eigenvalue weighted by molar-refractivity contribution is 0.102. The van der Waals surface area contributed by atoms with Gasteiger partial charge in [0.15, 0.2) is 0 Å². The molecule has 2 N–H and O–H groups in total. The van der Waals surface area contributed by atoms with Crippen LogP contribution in [0.4, 0.5) is 22.7 Å². The minimum atomic E-state index is -3.34. The molecule has 6 nitrogen and oxygen atoms in total. The molecule has 7 heteroatoms. The molecule has 0 aromatic heterocycles. The van der Waals surface area contributed by atoms with E-state index in [0.29, 0.717) is 16.9 Å². The summed E-state index contributed by atoms with van der Waals surface area (Å²) in [6.45, 7) is 0. The number of para-hydroxylation sites is 2. The molecule has 0 aliphatic carbocycles. The second-order valence-corrected chi connectivity index (χ2v) is 8.07. The van der Waals surface area contributed by atoms with E-state index in [0.717, 1.165) is 17.6 Å². The monoisotopic (exact) mass is 395 g/mol. The molecule has 3 aromatic carbocycles. The summed E-state index contributed by atoms with van der Waals surface area (Å²) in [7, 11) is -1.43. The summed E-state index contributed by atoms with van der Waals surface area (Å²) in [5, 5.41) is 2.85. The fraction of sp³-hybridized carbons (Fsp3) is 0.0952. The van der Waals surface area contributed by atoms with Crippen molar-refractivity contribution in [2.24, 2.45) is 0 Å². The summed E-state index contributed by atoms with van der Waals surface area (Å²) in [5.41, 5.74) is 3.29. The third-order valence-electron chi connectivity index (χ3n) is 4.10. The summed E-state index contributed by atoms with van der Waals surface area (Å²) in [5.74, 6) is -0.248. The van der Waals surface area contributed by atoms with Gasteiger partial charge in [-0.05, 0) is 48.5 Å². The zero-order valence-electron chi connectivity index (χ0n) is 15.6. The predicted octanol–water partition coefficient (Wildman–Crippen LogP) is 4.08. The summed E-state index contributed by atoms with van der Waals surface area (Å²) in [4.78, 5) is 14.8. The predicted molar refractivity (Wildman–Crippen MR) is 114 cm³/mol. The van der Waals surface area contributed by atoms with Crippen molar-refractivity contribution >= 4 is 38.7 Å². The van der Waals surface area contributed by atoms with Gasteiger partial charge < -0.3 is 10.2 Å². The second-order valence-electron chi connectivity index (χ2n) is 6.32. The van der Waals surface area contributed by atoms with E-state index >= 15 is 0 Å². The molecule has 0 heterocycles. The van der Waals surface area contributed by atoms with Crippen LogP contribution < -0.4 is 14.9 Å². The SMILES string of the molecule is CN(c1ccccc1)c1ccccc1C(=O)Nc1ccc(NS(C)(=O)=O)cc1. The van der Waals surface area contributed by atoms with Crippen LogP contribution in [0.1, 0.15) is 10.4 Å². The molecule has 3 aromatic rings. The zero-order valence-corrected chi connectivity index (χ0v) is 16.4. The van der Waals surface area contributed by atoms with Gasteiger partial charge in [0.05, 0.1) is 17.5 Å². The van der Waals surface area contributed by atoms with Crippen LogP contribution in [0.3, 0.4) is 0 Å². The average Bonchev–Trinajstić information content (AvgIpc) is 2.68. The van der Waals surface area contributed by atoms with Crippen LogP contribution in [0.15, 0.2) is 78.9 Å². The van der Waals surface area contributed by atoms with Crippen LogP contribution in [0.5, 0.6) is 0 Å². The van der Waals surface area contributed by atoms with Gasteiger partial charge in [-0.3, -0.25) is 9.52 Å². The smallest absolute Gasteiger partial charge is 0.257 e. The molecule has 28 heavy (non-hydrogen) atoms. The number of carbonyl (C=O) groups is 1. The van der Waals surface area contributed by atoms with Crippen molar-refractivity contribution in [3.05, 3.63) is 84.4 Å². The number of hydrogen-bond acceptors (Lipinski definition) is 4. The third kappa shape index (κ3) is 4.89. The molecule has 1 amide bonds. The lowest BCUT2D eigenvalue weighted by atomic mass is 10.1. The number of carbonyl (C=O) groups excluding carboxylic acids is 1. The molecule has 0 saturated heterocycles. The quantitative estimate of drug-likeness (QED) is 0.659. The molecule has 3 rings (SSSR count). The second kappa shape index (κ2) is 8.14. The first-order chi connectivity index (χ1) is 13.3. The van der Waals surface area contributed by atoms with Gasteiger partial charge in [0.1, 0.15) is 0 Å². The fourth-order valence-corrected chi connectivity index (χ4v) is 3.35.